The van der Waals surface area contributed by atoms with Gasteiger partial charge in [-0.05, 0) is 23.8 Å². The maximum atomic E-state index is 13.7. The number of hydrogen-bond acceptors (Lipinski definition) is 6. The van der Waals surface area contributed by atoms with Crippen molar-refractivity contribution >= 4 is 23.4 Å². The third kappa shape index (κ3) is 5.06. The second-order valence-electron chi connectivity index (χ2n) is 6.74. The Hall–Kier alpha value is -3.85. The summed E-state index contributed by atoms with van der Waals surface area (Å²) in [6.07, 6.45) is 0. The van der Waals surface area contributed by atoms with E-state index in [1.54, 1.807) is 12.1 Å². The molecule has 0 bridgehead atoms. The van der Waals surface area contributed by atoms with Crippen molar-refractivity contribution < 1.29 is 13.9 Å². The van der Waals surface area contributed by atoms with Gasteiger partial charge in [0.15, 0.2) is 17.4 Å². The van der Waals surface area contributed by atoms with Gasteiger partial charge in [0.25, 0.3) is 0 Å². The normalized spacial score (nSPS) is 10.7. The number of nitrogens with zero attached hydrogens (tertiary/aromatic N) is 3. The summed E-state index contributed by atoms with van der Waals surface area (Å²) < 4.78 is 20.3. The fourth-order valence-electron chi connectivity index (χ4n) is 2.99. The van der Waals surface area contributed by atoms with E-state index in [2.05, 4.69) is 15.5 Å². The summed E-state index contributed by atoms with van der Waals surface area (Å²) in [6, 6.07) is 23.5. The molecule has 7 nitrogen and oxygen atoms in total. The van der Waals surface area contributed by atoms with Crippen molar-refractivity contribution in [1.29, 1.82) is 0 Å². The van der Waals surface area contributed by atoms with Crippen molar-refractivity contribution in [1.82, 2.24) is 14.9 Å². The smallest absolute Gasteiger partial charge is 0.234 e. The number of aromatic nitrogens is 3. The van der Waals surface area contributed by atoms with Gasteiger partial charge in [-0.25, -0.2) is 9.07 Å². The third-order valence-electron chi connectivity index (χ3n) is 4.55. The van der Waals surface area contributed by atoms with Gasteiger partial charge in [-0.15, -0.1) is 10.2 Å². The maximum Gasteiger partial charge on any atom is 0.234 e. The lowest BCUT2D eigenvalue weighted by Gasteiger charge is -2.11. The molecule has 4 aromatic rings. The van der Waals surface area contributed by atoms with Crippen molar-refractivity contribution in [3.8, 4) is 16.9 Å². The number of benzene rings is 3. The minimum Gasteiger partial charge on any atom is -0.482 e. The Kier molecular flexibility index (Phi) is 6.66. The molecule has 0 unspecified atom stereocenters. The maximum absolute atomic E-state index is 13.7. The summed E-state index contributed by atoms with van der Waals surface area (Å²) in [7, 11) is 0. The van der Waals surface area contributed by atoms with E-state index in [-0.39, 0.29) is 24.0 Å². The van der Waals surface area contributed by atoms with Crippen molar-refractivity contribution in [3.05, 3.63) is 90.5 Å². The first kappa shape index (κ1) is 21.4. The number of para-hydroxylation sites is 2. The van der Waals surface area contributed by atoms with Gasteiger partial charge >= 0.3 is 0 Å². The molecule has 32 heavy (non-hydrogen) atoms. The quantitative estimate of drug-likeness (QED) is 0.311. The van der Waals surface area contributed by atoms with Crippen LogP contribution in [0, 0.1) is 5.82 Å². The van der Waals surface area contributed by atoms with Crippen LogP contribution in [0.25, 0.3) is 11.1 Å². The van der Waals surface area contributed by atoms with E-state index in [0.717, 1.165) is 28.6 Å². The minimum atomic E-state index is -0.474. The zero-order chi connectivity index (χ0) is 22.3. The summed E-state index contributed by atoms with van der Waals surface area (Å²) in [5.41, 5.74) is 2.66. The highest BCUT2D eigenvalue weighted by Gasteiger charge is 2.14. The molecular weight excluding hydrogens is 429 g/mol. The molecule has 0 aliphatic carbocycles. The predicted octanol–water partition coefficient (Wildman–Crippen LogP) is 4.11. The Bertz CT molecular complexity index is 1220. The number of carbonyl (C=O) groups is 1. The number of halogens is 1. The first-order chi connectivity index (χ1) is 15.6. The SMILES string of the molecule is Nn1c(COc2ccccc2F)nnc1SCC(=O)Nc1ccccc1-c1ccccc1. The number of nitrogens with one attached hydrogen (secondary N) is 1. The van der Waals surface area contributed by atoms with Gasteiger partial charge in [0.1, 0.15) is 6.61 Å². The second kappa shape index (κ2) is 9.97. The van der Waals surface area contributed by atoms with Crippen LogP contribution in [0.15, 0.2) is 84.0 Å². The topological polar surface area (TPSA) is 95.1 Å². The number of amides is 1. The molecule has 4 rings (SSSR count). The Balaban J connectivity index is 1.36. The molecule has 9 heteroatoms. The van der Waals surface area contributed by atoms with Gasteiger partial charge in [0.2, 0.25) is 11.1 Å². The lowest BCUT2D eigenvalue weighted by atomic mass is 10.0. The lowest BCUT2D eigenvalue weighted by Crippen LogP contribution is -2.18. The number of nitrogen functional groups attached to an aromatic ring is 1. The molecule has 1 amide bonds. The molecule has 0 saturated carbocycles. The summed E-state index contributed by atoms with van der Waals surface area (Å²) in [5.74, 6) is 5.83. The summed E-state index contributed by atoms with van der Waals surface area (Å²) in [6.45, 7) is -0.0539. The molecule has 0 radical (unpaired) electrons. The average Bonchev–Trinajstić information content (AvgIpc) is 3.17. The van der Waals surface area contributed by atoms with Crippen LogP contribution in [0.3, 0.4) is 0 Å². The second-order valence-corrected chi connectivity index (χ2v) is 7.68. The molecule has 0 atom stereocenters. The van der Waals surface area contributed by atoms with Crippen LogP contribution in [0.5, 0.6) is 5.75 Å². The van der Waals surface area contributed by atoms with Crippen LogP contribution in [-0.2, 0) is 11.4 Å². The van der Waals surface area contributed by atoms with Crippen LogP contribution < -0.4 is 15.9 Å². The van der Waals surface area contributed by atoms with E-state index in [4.69, 9.17) is 10.6 Å². The average molecular weight is 450 g/mol. The summed E-state index contributed by atoms with van der Waals surface area (Å²) in [5, 5.41) is 11.2. The van der Waals surface area contributed by atoms with Gasteiger partial charge in [0, 0.05) is 11.3 Å². The molecular formula is C23H20FN5O2S. The largest absolute Gasteiger partial charge is 0.482 e. The number of nitrogens with two attached hydrogens (primary N) is 1. The molecule has 3 aromatic carbocycles. The van der Waals surface area contributed by atoms with Crippen molar-refractivity contribution in [3.63, 3.8) is 0 Å². The molecule has 1 aromatic heterocycles. The number of carbonyl (C=O) groups excluding carboxylic acids is 1. The van der Waals surface area contributed by atoms with E-state index < -0.39 is 5.82 Å². The zero-order valence-corrected chi connectivity index (χ0v) is 17.8. The van der Waals surface area contributed by atoms with Gasteiger partial charge in [-0.1, -0.05) is 72.4 Å². The molecule has 0 aliphatic rings. The van der Waals surface area contributed by atoms with E-state index in [9.17, 15) is 9.18 Å². The summed E-state index contributed by atoms with van der Waals surface area (Å²) in [4.78, 5) is 12.5. The Labute approximate surface area is 188 Å². The number of anilines is 1. The monoisotopic (exact) mass is 449 g/mol. The van der Waals surface area contributed by atoms with Crippen LogP contribution in [0.1, 0.15) is 5.82 Å². The van der Waals surface area contributed by atoms with Crippen molar-refractivity contribution in [2.45, 2.75) is 11.8 Å². The Morgan fingerprint density at radius 1 is 1.00 bits per heavy atom. The van der Waals surface area contributed by atoms with Crippen LogP contribution in [0.4, 0.5) is 10.1 Å². The van der Waals surface area contributed by atoms with Gasteiger partial charge in [-0.3, -0.25) is 4.79 Å². The number of thioether (sulfide) groups is 1. The standard InChI is InChI=1S/C23H20FN5O2S/c24-18-11-5-7-13-20(18)31-14-21-27-28-23(29(21)25)32-15-22(30)26-19-12-6-4-10-17(19)16-8-2-1-3-9-16/h1-13H,14-15,25H2,(H,26,30). The highest BCUT2D eigenvalue weighted by atomic mass is 32.2. The Morgan fingerprint density at radius 2 is 1.72 bits per heavy atom. The van der Waals surface area contributed by atoms with Crippen LogP contribution in [0.2, 0.25) is 0 Å². The molecule has 0 spiro atoms. The van der Waals surface area contributed by atoms with E-state index in [1.165, 1.54) is 16.8 Å². The molecule has 0 fully saturated rings. The van der Waals surface area contributed by atoms with E-state index in [1.807, 2.05) is 54.6 Å². The van der Waals surface area contributed by atoms with Gasteiger partial charge in [0.05, 0.1) is 5.75 Å². The zero-order valence-electron chi connectivity index (χ0n) is 16.9. The highest BCUT2D eigenvalue weighted by molar-refractivity contribution is 7.99. The van der Waals surface area contributed by atoms with E-state index >= 15 is 0 Å². The Morgan fingerprint density at radius 3 is 2.53 bits per heavy atom. The molecule has 0 aliphatic heterocycles. The van der Waals surface area contributed by atoms with Crippen LogP contribution in [-0.4, -0.2) is 26.5 Å². The first-order valence-corrected chi connectivity index (χ1v) is 10.7. The third-order valence-corrected chi connectivity index (χ3v) is 5.49. The number of hydrogen-bond donors (Lipinski definition) is 2. The molecule has 1 heterocycles. The molecule has 3 N–H and O–H groups in total. The summed E-state index contributed by atoms with van der Waals surface area (Å²) >= 11 is 1.14. The van der Waals surface area contributed by atoms with E-state index in [0.29, 0.717) is 11.0 Å². The number of rotatable bonds is 8. The number of ether oxygens (including phenoxy) is 1. The highest BCUT2D eigenvalue weighted by Crippen LogP contribution is 2.28. The fraction of sp³-hybridized carbons (Fsp3) is 0.0870. The predicted molar refractivity (Wildman–Crippen MR) is 122 cm³/mol. The lowest BCUT2D eigenvalue weighted by molar-refractivity contribution is -0.113. The van der Waals surface area contributed by atoms with Gasteiger partial charge in [-0.2, -0.15) is 0 Å². The molecule has 0 saturated heterocycles. The van der Waals surface area contributed by atoms with Crippen molar-refractivity contribution in [2.24, 2.45) is 0 Å². The fourth-order valence-corrected chi connectivity index (χ4v) is 3.66. The minimum absolute atomic E-state index is 0.0539. The first-order valence-electron chi connectivity index (χ1n) is 9.75. The molecule has 162 valence electrons. The van der Waals surface area contributed by atoms with Crippen molar-refractivity contribution in [2.75, 3.05) is 16.9 Å². The van der Waals surface area contributed by atoms with Crippen LogP contribution >= 0.6 is 11.8 Å². The van der Waals surface area contributed by atoms with Gasteiger partial charge < -0.3 is 15.9 Å².